The van der Waals surface area contributed by atoms with E-state index in [0.29, 0.717) is 5.92 Å². The highest BCUT2D eigenvalue weighted by molar-refractivity contribution is 6.30. The van der Waals surface area contributed by atoms with E-state index in [1.807, 2.05) is 24.3 Å². The van der Waals surface area contributed by atoms with E-state index in [1.54, 1.807) is 0 Å². The monoisotopic (exact) mass is 341 g/mol. The smallest absolute Gasteiger partial charge is 0.124 e. The second kappa shape index (κ2) is 7.82. The maximum absolute atomic E-state index is 6.14. The van der Waals surface area contributed by atoms with Crippen molar-refractivity contribution in [3.63, 3.8) is 0 Å². The number of hydrogen-bond donors (Lipinski definition) is 1. The molecule has 0 aliphatic heterocycles. The van der Waals surface area contributed by atoms with Crippen molar-refractivity contribution in [3.05, 3.63) is 64.9 Å². The van der Waals surface area contributed by atoms with Crippen molar-refractivity contribution >= 4 is 22.6 Å². The van der Waals surface area contributed by atoms with E-state index in [2.05, 4.69) is 48.0 Å². The summed E-state index contributed by atoms with van der Waals surface area (Å²) in [6.45, 7) is 7.06. The molecule has 1 heterocycles. The van der Waals surface area contributed by atoms with Gasteiger partial charge in [0.05, 0.1) is 17.6 Å². The summed E-state index contributed by atoms with van der Waals surface area (Å²) in [4.78, 5) is 4.82. The number of benzene rings is 2. The maximum atomic E-state index is 6.14. The molecule has 0 spiro atoms. The summed E-state index contributed by atoms with van der Waals surface area (Å²) in [6, 6.07) is 16.3. The fourth-order valence-electron chi connectivity index (χ4n) is 2.85. The zero-order chi connectivity index (χ0) is 16.9. The summed E-state index contributed by atoms with van der Waals surface area (Å²) in [5, 5.41) is 4.29. The van der Waals surface area contributed by atoms with Gasteiger partial charge in [-0.15, -0.1) is 0 Å². The lowest BCUT2D eigenvalue weighted by atomic mass is 10.1. The first-order valence-electron chi connectivity index (χ1n) is 8.53. The Balaban J connectivity index is 1.84. The third kappa shape index (κ3) is 4.16. The molecule has 126 valence electrons. The van der Waals surface area contributed by atoms with Gasteiger partial charge in [-0.3, -0.25) is 0 Å². The average molecular weight is 342 g/mol. The number of rotatable bonds is 7. The number of nitrogens with one attached hydrogen (secondary N) is 1. The highest BCUT2D eigenvalue weighted by atomic mass is 35.5. The van der Waals surface area contributed by atoms with E-state index in [1.165, 1.54) is 12.0 Å². The Kier molecular flexibility index (Phi) is 5.54. The lowest BCUT2D eigenvalue weighted by Crippen LogP contribution is -2.19. The van der Waals surface area contributed by atoms with Gasteiger partial charge in [0.15, 0.2) is 0 Å². The normalized spacial score (nSPS) is 11.5. The van der Waals surface area contributed by atoms with E-state index in [4.69, 9.17) is 16.6 Å². The average Bonchev–Trinajstić information content (AvgIpc) is 2.89. The van der Waals surface area contributed by atoms with Gasteiger partial charge in [-0.05, 0) is 48.7 Å². The van der Waals surface area contributed by atoms with Gasteiger partial charge in [-0.1, -0.05) is 49.7 Å². The fourth-order valence-corrected chi connectivity index (χ4v) is 3.06. The zero-order valence-electron chi connectivity index (χ0n) is 14.3. The van der Waals surface area contributed by atoms with Gasteiger partial charge in [0.25, 0.3) is 0 Å². The number of fused-ring (bicyclic) bond motifs is 1. The molecular weight excluding hydrogens is 318 g/mol. The van der Waals surface area contributed by atoms with Crippen LogP contribution in [0.5, 0.6) is 0 Å². The Morgan fingerprint density at radius 2 is 1.96 bits per heavy atom. The maximum Gasteiger partial charge on any atom is 0.124 e. The first-order chi connectivity index (χ1) is 11.6. The van der Waals surface area contributed by atoms with Gasteiger partial charge in [-0.25, -0.2) is 4.98 Å². The summed E-state index contributed by atoms with van der Waals surface area (Å²) in [6.07, 6.45) is 1.18. The van der Waals surface area contributed by atoms with E-state index < -0.39 is 0 Å². The SMILES string of the molecule is CC(C)CCNCc1nc2ccccc2n1Cc1cccc(Cl)c1. The van der Waals surface area contributed by atoms with Crippen molar-refractivity contribution in [1.29, 1.82) is 0 Å². The molecule has 1 aromatic heterocycles. The molecule has 2 aromatic carbocycles. The van der Waals surface area contributed by atoms with E-state index >= 15 is 0 Å². The van der Waals surface area contributed by atoms with Crippen LogP contribution >= 0.6 is 11.6 Å². The van der Waals surface area contributed by atoms with Gasteiger partial charge in [-0.2, -0.15) is 0 Å². The number of aromatic nitrogens is 2. The standard InChI is InChI=1S/C20H24ClN3/c1-15(2)10-11-22-13-20-23-18-8-3-4-9-19(18)24(20)14-16-6-5-7-17(21)12-16/h3-9,12,15,22H,10-11,13-14H2,1-2H3. The molecular formula is C20H24ClN3. The van der Waals surface area contributed by atoms with Crippen LogP contribution in [0.4, 0.5) is 0 Å². The van der Waals surface area contributed by atoms with Gasteiger partial charge in [0.2, 0.25) is 0 Å². The Hall–Kier alpha value is -1.84. The van der Waals surface area contributed by atoms with Crippen LogP contribution in [0.25, 0.3) is 11.0 Å². The van der Waals surface area contributed by atoms with Crippen LogP contribution in [0.1, 0.15) is 31.7 Å². The Bertz CT molecular complexity index is 808. The predicted molar refractivity (Wildman–Crippen MR) is 101 cm³/mol. The second-order valence-electron chi connectivity index (χ2n) is 6.59. The summed E-state index contributed by atoms with van der Waals surface area (Å²) >= 11 is 6.14. The van der Waals surface area contributed by atoms with Crippen molar-refractivity contribution in [2.24, 2.45) is 5.92 Å². The first kappa shape index (κ1) is 17.0. The number of halogens is 1. The molecule has 0 aliphatic rings. The molecule has 0 saturated heterocycles. The summed E-state index contributed by atoms with van der Waals surface area (Å²) in [5.41, 5.74) is 3.40. The van der Waals surface area contributed by atoms with Gasteiger partial charge >= 0.3 is 0 Å². The largest absolute Gasteiger partial charge is 0.322 e. The van der Waals surface area contributed by atoms with Crippen molar-refractivity contribution in [1.82, 2.24) is 14.9 Å². The van der Waals surface area contributed by atoms with Crippen LogP contribution in [0, 0.1) is 5.92 Å². The van der Waals surface area contributed by atoms with Crippen LogP contribution in [-0.4, -0.2) is 16.1 Å². The van der Waals surface area contributed by atoms with Crippen molar-refractivity contribution < 1.29 is 0 Å². The minimum Gasteiger partial charge on any atom is -0.322 e. The molecule has 1 N–H and O–H groups in total. The third-order valence-electron chi connectivity index (χ3n) is 4.14. The molecule has 3 aromatic rings. The Labute approximate surface area is 148 Å². The lowest BCUT2D eigenvalue weighted by molar-refractivity contribution is 0.526. The topological polar surface area (TPSA) is 29.9 Å². The van der Waals surface area contributed by atoms with Crippen LogP contribution in [0.15, 0.2) is 48.5 Å². The van der Waals surface area contributed by atoms with Crippen LogP contribution in [-0.2, 0) is 13.1 Å². The highest BCUT2D eigenvalue weighted by Crippen LogP contribution is 2.19. The second-order valence-corrected chi connectivity index (χ2v) is 7.03. The van der Waals surface area contributed by atoms with E-state index in [9.17, 15) is 0 Å². The quantitative estimate of drug-likeness (QED) is 0.621. The molecule has 0 fully saturated rings. The van der Waals surface area contributed by atoms with Gasteiger partial charge < -0.3 is 9.88 Å². The van der Waals surface area contributed by atoms with Crippen molar-refractivity contribution in [2.45, 2.75) is 33.4 Å². The number of hydrogen-bond acceptors (Lipinski definition) is 2. The molecule has 0 saturated carbocycles. The van der Waals surface area contributed by atoms with Gasteiger partial charge in [0.1, 0.15) is 5.82 Å². The molecule has 0 aliphatic carbocycles. The lowest BCUT2D eigenvalue weighted by Gasteiger charge is -2.11. The van der Waals surface area contributed by atoms with Gasteiger partial charge in [0, 0.05) is 11.6 Å². The molecule has 0 unspecified atom stereocenters. The first-order valence-corrected chi connectivity index (χ1v) is 8.90. The Morgan fingerprint density at radius 3 is 2.75 bits per heavy atom. The number of para-hydroxylation sites is 2. The summed E-state index contributed by atoms with van der Waals surface area (Å²) < 4.78 is 2.28. The molecule has 3 nitrogen and oxygen atoms in total. The molecule has 24 heavy (non-hydrogen) atoms. The molecule has 0 amide bonds. The summed E-state index contributed by atoms with van der Waals surface area (Å²) in [5.74, 6) is 1.78. The molecule has 0 radical (unpaired) electrons. The predicted octanol–water partition coefficient (Wildman–Crippen LogP) is 4.87. The molecule has 0 bridgehead atoms. The number of imidazole rings is 1. The fraction of sp³-hybridized carbons (Fsp3) is 0.350. The third-order valence-corrected chi connectivity index (χ3v) is 4.38. The van der Waals surface area contributed by atoms with Crippen molar-refractivity contribution in [3.8, 4) is 0 Å². The summed E-state index contributed by atoms with van der Waals surface area (Å²) in [7, 11) is 0. The molecule has 4 heteroatoms. The van der Waals surface area contributed by atoms with Crippen LogP contribution in [0.3, 0.4) is 0 Å². The Morgan fingerprint density at radius 1 is 1.12 bits per heavy atom. The van der Waals surface area contributed by atoms with Crippen LogP contribution in [0.2, 0.25) is 5.02 Å². The van der Waals surface area contributed by atoms with E-state index in [-0.39, 0.29) is 0 Å². The molecule has 3 rings (SSSR count). The minimum absolute atomic E-state index is 0.711. The highest BCUT2D eigenvalue weighted by Gasteiger charge is 2.11. The van der Waals surface area contributed by atoms with Crippen molar-refractivity contribution in [2.75, 3.05) is 6.54 Å². The van der Waals surface area contributed by atoms with E-state index in [0.717, 1.165) is 41.5 Å². The zero-order valence-corrected chi connectivity index (χ0v) is 15.1. The molecule has 0 atom stereocenters. The van der Waals surface area contributed by atoms with Crippen LogP contribution < -0.4 is 5.32 Å². The number of nitrogens with zero attached hydrogens (tertiary/aromatic N) is 2. The minimum atomic E-state index is 0.711.